The van der Waals surface area contributed by atoms with E-state index in [9.17, 15) is 0 Å². The monoisotopic (exact) mass is 194 g/mol. The lowest BCUT2D eigenvalue weighted by atomic mass is 10.4. The number of nitrogens with zero attached hydrogens (tertiary/aromatic N) is 2. The molecule has 0 spiro atoms. The van der Waals surface area contributed by atoms with Gasteiger partial charge in [-0.05, 0) is 13.0 Å². The van der Waals surface area contributed by atoms with E-state index in [1.165, 1.54) is 0 Å². The zero-order valence-corrected chi connectivity index (χ0v) is 8.06. The zero-order chi connectivity index (χ0) is 9.10. The molecule has 0 aliphatic rings. The molecule has 4 nitrogen and oxygen atoms in total. The first-order valence-electron chi connectivity index (χ1n) is 3.99. The number of aryl methyl sites for hydroxylation is 1. The number of rotatable bonds is 3. The average Bonchev–Trinajstić information content (AvgIpc) is 2.71. The Morgan fingerprint density at radius 1 is 1.62 bits per heavy atom. The Hall–Kier alpha value is -1.36. The lowest BCUT2D eigenvalue weighted by Gasteiger charge is -1.98. The molecule has 0 atom stereocenters. The Morgan fingerprint density at radius 3 is 3.15 bits per heavy atom. The summed E-state index contributed by atoms with van der Waals surface area (Å²) in [4.78, 5) is 4.28. The van der Waals surface area contributed by atoms with Crippen LogP contribution in [-0.4, -0.2) is 15.2 Å². The normalized spacial score (nSPS) is 10.2. The Morgan fingerprint density at radius 2 is 2.54 bits per heavy atom. The second-order valence-electron chi connectivity index (χ2n) is 2.73. The summed E-state index contributed by atoms with van der Waals surface area (Å²) in [6.45, 7) is 2.73. The second-order valence-corrected chi connectivity index (χ2v) is 3.59. The van der Waals surface area contributed by atoms with E-state index in [1.54, 1.807) is 17.5 Å². The van der Waals surface area contributed by atoms with Gasteiger partial charge in [-0.1, -0.05) is 0 Å². The van der Waals surface area contributed by atoms with Crippen LogP contribution in [0.5, 0.6) is 0 Å². The lowest BCUT2D eigenvalue weighted by Crippen LogP contribution is -1.99. The molecule has 68 valence electrons. The van der Waals surface area contributed by atoms with E-state index in [2.05, 4.69) is 20.5 Å². The van der Waals surface area contributed by atoms with Crippen LogP contribution in [0.25, 0.3) is 0 Å². The smallest absolute Gasteiger partial charge is 0.183 e. The molecule has 13 heavy (non-hydrogen) atoms. The van der Waals surface area contributed by atoms with Gasteiger partial charge in [0, 0.05) is 11.6 Å². The van der Waals surface area contributed by atoms with Gasteiger partial charge in [0.05, 0.1) is 17.9 Å². The first kappa shape index (κ1) is 8.25. The van der Waals surface area contributed by atoms with Crippen LogP contribution >= 0.6 is 11.3 Å². The molecular weight excluding hydrogens is 184 g/mol. The quantitative estimate of drug-likeness (QED) is 0.783. The molecule has 0 aromatic carbocycles. The van der Waals surface area contributed by atoms with Crippen molar-refractivity contribution in [3.63, 3.8) is 0 Å². The molecule has 2 aromatic heterocycles. The fourth-order valence-corrected chi connectivity index (χ4v) is 1.68. The van der Waals surface area contributed by atoms with Gasteiger partial charge in [-0.25, -0.2) is 4.98 Å². The molecule has 0 saturated heterocycles. The fraction of sp³-hybridized carbons (Fsp3) is 0.250. The minimum Gasteiger partial charge on any atom is -0.356 e. The number of aromatic amines is 1. The van der Waals surface area contributed by atoms with E-state index in [1.807, 2.05) is 18.4 Å². The molecule has 0 amide bonds. The van der Waals surface area contributed by atoms with Crippen LogP contribution in [0.4, 0.5) is 5.13 Å². The lowest BCUT2D eigenvalue weighted by molar-refractivity contribution is 0.978. The SMILES string of the molecule is Cc1csc(NCc2ccn[nH]2)n1. The third-order valence-corrected chi connectivity index (χ3v) is 2.53. The van der Waals surface area contributed by atoms with Gasteiger partial charge < -0.3 is 5.32 Å². The van der Waals surface area contributed by atoms with Gasteiger partial charge in [-0.3, -0.25) is 5.10 Å². The highest BCUT2D eigenvalue weighted by Gasteiger charge is 1.97. The van der Waals surface area contributed by atoms with Gasteiger partial charge >= 0.3 is 0 Å². The number of nitrogens with one attached hydrogen (secondary N) is 2. The predicted molar refractivity (Wildman–Crippen MR) is 52.8 cm³/mol. The fourth-order valence-electron chi connectivity index (χ4n) is 0.989. The Kier molecular flexibility index (Phi) is 2.27. The van der Waals surface area contributed by atoms with Gasteiger partial charge in [0.2, 0.25) is 0 Å². The molecule has 0 bridgehead atoms. The highest BCUT2D eigenvalue weighted by atomic mass is 32.1. The van der Waals surface area contributed by atoms with Gasteiger partial charge in [-0.15, -0.1) is 11.3 Å². The van der Waals surface area contributed by atoms with Crippen LogP contribution < -0.4 is 5.32 Å². The van der Waals surface area contributed by atoms with Gasteiger partial charge in [-0.2, -0.15) is 5.10 Å². The van der Waals surface area contributed by atoms with Gasteiger partial charge in [0.15, 0.2) is 5.13 Å². The van der Waals surface area contributed by atoms with Crippen molar-refractivity contribution in [1.29, 1.82) is 0 Å². The number of anilines is 1. The third kappa shape index (κ3) is 2.06. The first-order valence-corrected chi connectivity index (χ1v) is 4.87. The van der Waals surface area contributed by atoms with Crippen molar-refractivity contribution in [3.8, 4) is 0 Å². The van der Waals surface area contributed by atoms with Crippen LogP contribution in [0.15, 0.2) is 17.6 Å². The number of hydrogen-bond donors (Lipinski definition) is 2. The molecule has 2 heterocycles. The molecule has 2 N–H and O–H groups in total. The molecule has 2 aromatic rings. The van der Waals surface area contributed by atoms with Crippen LogP contribution in [0, 0.1) is 6.92 Å². The van der Waals surface area contributed by atoms with Crippen molar-refractivity contribution in [2.75, 3.05) is 5.32 Å². The summed E-state index contributed by atoms with van der Waals surface area (Å²) >= 11 is 1.61. The summed E-state index contributed by atoms with van der Waals surface area (Å²) in [6.07, 6.45) is 1.74. The highest BCUT2D eigenvalue weighted by Crippen LogP contribution is 2.14. The van der Waals surface area contributed by atoms with Crippen LogP contribution in [0.1, 0.15) is 11.4 Å². The summed E-state index contributed by atoms with van der Waals surface area (Å²) in [5, 5.41) is 12.9. The summed E-state index contributed by atoms with van der Waals surface area (Å²) in [7, 11) is 0. The largest absolute Gasteiger partial charge is 0.356 e. The van der Waals surface area contributed by atoms with Crippen molar-refractivity contribution < 1.29 is 0 Å². The van der Waals surface area contributed by atoms with Crippen molar-refractivity contribution >= 4 is 16.5 Å². The van der Waals surface area contributed by atoms with Crippen molar-refractivity contribution in [3.05, 3.63) is 29.0 Å². The molecule has 0 saturated carbocycles. The number of aromatic nitrogens is 3. The summed E-state index contributed by atoms with van der Waals surface area (Å²) in [5.74, 6) is 0. The maximum absolute atomic E-state index is 4.28. The van der Waals surface area contributed by atoms with E-state index in [0.29, 0.717) is 0 Å². The van der Waals surface area contributed by atoms with Gasteiger partial charge in [0.25, 0.3) is 0 Å². The Labute approximate surface area is 80.0 Å². The first-order chi connectivity index (χ1) is 6.34. The topological polar surface area (TPSA) is 53.6 Å². The van der Waals surface area contributed by atoms with E-state index in [-0.39, 0.29) is 0 Å². The molecule has 0 unspecified atom stereocenters. The van der Waals surface area contributed by atoms with Crippen LogP contribution in [0.2, 0.25) is 0 Å². The minimum atomic E-state index is 0.743. The molecule has 0 radical (unpaired) electrons. The number of thiazole rings is 1. The third-order valence-electron chi connectivity index (χ3n) is 1.61. The Balaban J connectivity index is 1.93. The summed E-state index contributed by atoms with van der Waals surface area (Å²) in [6, 6.07) is 1.94. The van der Waals surface area contributed by atoms with Crippen molar-refractivity contribution in [2.45, 2.75) is 13.5 Å². The van der Waals surface area contributed by atoms with E-state index in [0.717, 1.165) is 23.1 Å². The standard InChI is InChI=1S/C8H10N4S/c1-6-5-13-8(11-6)9-4-7-2-3-10-12-7/h2-3,5H,4H2,1H3,(H,9,11)(H,10,12). The molecular formula is C8H10N4S. The van der Waals surface area contributed by atoms with E-state index >= 15 is 0 Å². The number of H-pyrrole nitrogens is 1. The molecule has 2 rings (SSSR count). The average molecular weight is 194 g/mol. The predicted octanol–water partition coefficient (Wildman–Crippen LogP) is 1.79. The maximum atomic E-state index is 4.28. The van der Waals surface area contributed by atoms with E-state index in [4.69, 9.17) is 0 Å². The summed E-state index contributed by atoms with van der Waals surface area (Å²) < 4.78 is 0. The van der Waals surface area contributed by atoms with Crippen LogP contribution in [0.3, 0.4) is 0 Å². The minimum absolute atomic E-state index is 0.743. The van der Waals surface area contributed by atoms with Crippen molar-refractivity contribution in [1.82, 2.24) is 15.2 Å². The molecule has 0 fully saturated rings. The van der Waals surface area contributed by atoms with Crippen LogP contribution in [-0.2, 0) is 6.54 Å². The molecule has 0 aliphatic heterocycles. The molecule has 0 aliphatic carbocycles. The maximum Gasteiger partial charge on any atom is 0.183 e. The van der Waals surface area contributed by atoms with Gasteiger partial charge in [0.1, 0.15) is 0 Å². The van der Waals surface area contributed by atoms with Crippen molar-refractivity contribution in [2.24, 2.45) is 0 Å². The summed E-state index contributed by atoms with van der Waals surface area (Å²) in [5.41, 5.74) is 2.12. The zero-order valence-electron chi connectivity index (χ0n) is 7.24. The second kappa shape index (κ2) is 3.57. The van der Waals surface area contributed by atoms with E-state index < -0.39 is 0 Å². The highest BCUT2D eigenvalue weighted by molar-refractivity contribution is 7.13. The number of hydrogen-bond acceptors (Lipinski definition) is 4. The Bertz CT molecular complexity index is 365. The molecule has 5 heteroatoms.